The van der Waals surface area contributed by atoms with E-state index in [1.54, 1.807) is 5.94 Å². The molecule has 0 bridgehead atoms. The van der Waals surface area contributed by atoms with E-state index >= 15 is 0 Å². The average molecular weight is 136 g/mol. The van der Waals surface area contributed by atoms with E-state index in [1.807, 2.05) is 0 Å². The first-order chi connectivity index (χ1) is 4.79. The highest BCUT2D eigenvalue weighted by molar-refractivity contribution is 6.09. The molecule has 1 fully saturated rings. The molecule has 0 aliphatic heterocycles. The summed E-state index contributed by atoms with van der Waals surface area (Å²) in [6.45, 7) is 0.120. The largest absolute Gasteiger partial charge is 0.396 e. The van der Waals surface area contributed by atoms with Crippen LogP contribution in [0.5, 0.6) is 0 Å². The molecular weight excluding hydrogens is 127 g/mol. The highest BCUT2D eigenvalue weighted by atomic mass is 16.3. The lowest BCUT2D eigenvalue weighted by atomic mass is 9.86. The Balaban J connectivity index is 2.58. The van der Waals surface area contributed by atoms with E-state index in [4.69, 9.17) is 13.0 Å². The Kier molecular flexibility index (Phi) is 1.98. The maximum atomic E-state index is 9.96. The Morgan fingerprint density at radius 3 is 2.90 bits per heavy atom. The van der Waals surface area contributed by atoms with Crippen LogP contribution >= 0.6 is 0 Å². The average Bonchev–Trinajstić information content (AvgIpc) is 2.65. The Hall–Kier alpha value is -0.525. The number of carbonyl (C=O) groups excluding carboxylic acids is 1. The summed E-state index contributed by atoms with van der Waals surface area (Å²) in [6.07, 6.45) is 2.70. The monoisotopic (exact) mass is 136 g/mol. The van der Waals surface area contributed by atoms with E-state index in [1.165, 1.54) is 6.08 Å². The van der Waals surface area contributed by atoms with Crippen molar-refractivity contribution in [2.24, 2.45) is 11.3 Å². The molecule has 1 rings (SSSR count). The lowest BCUT2D eigenvalue weighted by Gasteiger charge is -2.03. The molecule has 3 heteroatoms. The topological polar surface area (TPSA) is 37.3 Å². The Labute approximate surface area is 61.3 Å². The molecule has 2 radical (unpaired) electrons. The van der Waals surface area contributed by atoms with Crippen LogP contribution in [-0.4, -0.2) is 25.5 Å². The third-order valence-corrected chi connectivity index (χ3v) is 2.23. The fourth-order valence-corrected chi connectivity index (χ4v) is 1.25. The van der Waals surface area contributed by atoms with Crippen molar-refractivity contribution in [1.29, 1.82) is 0 Å². The van der Waals surface area contributed by atoms with Gasteiger partial charge in [0.2, 0.25) is 0 Å². The van der Waals surface area contributed by atoms with Crippen LogP contribution in [0.3, 0.4) is 0 Å². The first-order valence-electron chi connectivity index (χ1n) is 3.32. The molecule has 0 aromatic rings. The smallest absolute Gasteiger partial charge is 0.120 e. The lowest BCUT2D eigenvalue weighted by molar-refractivity contribution is 0.262. The Morgan fingerprint density at radius 2 is 2.60 bits per heavy atom. The fourth-order valence-electron chi connectivity index (χ4n) is 1.25. The molecule has 1 aliphatic carbocycles. The minimum atomic E-state index is -0.212. The van der Waals surface area contributed by atoms with Gasteiger partial charge >= 0.3 is 0 Å². The summed E-state index contributed by atoms with van der Waals surface area (Å²) in [7, 11) is 5.40. The highest BCUT2D eigenvalue weighted by Gasteiger charge is 2.50. The molecule has 1 N–H and O–H groups in total. The van der Waals surface area contributed by atoms with Gasteiger partial charge in [0.25, 0.3) is 0 Å². The van der Waals surface area contributed by atoms with Gasteiger partial charge in [-0.1, -0.05) is 6.32 Å². The number of hydrogen-bond donors (Lipinski definition) is 1. The lowest BCUT2D eigenvalue weighted by Crippen LogP contribution is -2.01. The Bertz CT molecular complexity index is 174. The van der Waals surface area contributed by atoms with Crippen LogP contribution < -0.4 is 0 Å². The van der Waals surface area contributed by atoms with Gasteiger partial charge in [-0.05, 0) is 17.8 Å². The van der Waals surface area contributed by atoms with Gasteiger partial charge in [-0.15, -0.1) is 0 Å². The van der Waals surface area contributed by atoms with Gasteiger partial charge < -0.3 is 5.11 Å². The van der Waals surface area contributed by atoms with Crippen molar-refractivity contribution in [2.75, 3.05) is 6.61 Å². The van der Waals surface area contributed by atoms with E-state index in [2.05, 4.69) is 0 Å². The zero-order chi connectivity index (χ0) is 7.61. The van der Waals surface area contributed by atoms with E-state index < -0.39 is 0 Å². The van der Waals surface area contributed by atoms with Crippen LogP contribution in [0.15, 0.2) is 6.08 Å². The molecule has 10 heavy (non-hydrogen) atoms. The molecule has 2 unspecified atom stereocenters. The van der Waals surface area contributed by atoms with Crippen molar-refractivity contribution < 1.29 is 9.90 Å². The molecule has 0 aromatic heterocycles. The van der Waals surface area contributed by atoms with Gasteiger partial charge in [0.15, 0.2) is 0 Å². The van der Waals surface area contributed by atoms with Crippen LogP contribution in [0.4, 0.5) is 0 Å². The van der Waals surface area contributed by atoms with Crippen molar-refractivity contribution >= 4 is 13.8 Å². The van der Waals surface area contributed by atoms with Crippen molar-refractivity contribution in [3.05, 3.63) is 6.08 Å². The Morgan fingerprint density at radius 1 is 1.90 bits per heavy atom. The molecule has 1 aliphatic rings. The predicted octanol–water partition coefficient (Wildman–Crippen LogP) is -0.0404. The van der Waals surface area contributed by atoms with Gasteiger partial charge in [0.05, 0.1) is 7.85 Å². The summed E-state index contributed by atoms with van der Waals surface area (Å²) in [5.41, 5.74) is -0.212. The highest BCUT2D eigenvalue weighted by Crippen LogP contribution is 2.55. The van der Waals surface area contributed by atoms with Gasteiger partial charge in [-0.3, -0.25) is 0 Å². The van der Waals surface area contributed by atoms with E-state index in [0.717, 1.165) is 6.42 Å². The number of hydrogen-bond acceptors (Lipinski definition) is 2. The van der Waals surface area contributed by atoms with Gasteiger partial charge in [0.1, 0.15) is 5.94 Å². The molecule has 0 amide bonds. The maximum Gasteiger partial charge on any atom is 0.120 e. The van der Waals surface area contributed by atoms with E-state index in [9.17, 15) is 4.79 Å². The zero-order valence-electron chi connectivity index (χ0n) is 5.71. The molecule has 0 heterocycles. The van der Waals surface area contributed by atoms with Gasteiger partial charge in [-0.25, -0.2) is 4.79 Å². The van der Waals surface area contributed by atoms with E-state index in [-0.39, 0.29) is 17.9 Å². The van der Waals surface area contributed by atoms with Crippen molar-refractivity contribution in [3.8, 4) is 0 Å². The number of aliphatic hydroxyl groups excluding tert-OH is 1. The summed E-state index contributed by atoms with van der Waals surface area (Å²) in [6, 6.07) is 0. The SMILES string of the molecule is [B]CC1(C=C=O)CC1CO. The maximum absolute atomic E-state index is 9.96. The summed E-state index contributed by atoms with van der Waals surface area (Å²) in [4.78, 5) is 9.96. The second-order valence-corrected chi connectivity index (χ2v) is 2.78. The summed E-state index contributed by atoms with van der Waals surface area (Å²) in [5, 5.41) is 8.69. The van der Waals surface area contributed by atoms with Crippen LogP contribution in [0.2, 0.25) is 6.32 Å². The summed E-state index contributed by atoms with van der Waals surface area (Å²) >= 11 is 0. The predicted molar refractivity (Wildman–Crippen MR) is 38.5 cm³/mol. The fraction of sp³-hybridized carbons (Fsp3) is 0.714. The first kappa shape index (κ1) is 7.58. The molecule has 2 nitrogen and oxygen atoms in total. The second kappa shape index (κ2) is 2.61. The van der Waals surface area contributed by atoms with Gasteiger partial charge in [0, 0.05) is 12.7 Å². The van der Waals surface area contributed by atoms with Crippen LogP contribution in [0, 0.1) is 11.3 Å². The number of allylic oxidation sites excluding steroid dienone is 1. The van der Waals surface area contributed by atoms with Crippen molar-refractivity contribution in [1.82, 2.24) is 0 Å². The zero-order valence-corrected chi connectivity index (χ0v) is 5.71. The summed E-state index contributed by atoms with van der Waals surface area (Å²) < 4.78 is 0. The molecule has 1 saturated carbocycles. The third kappa shape index (κ3) is 1.03. The van der Waals surface area contributed by atoms with Crippen LogP contribution in [0.1, 0.15) is 6.42 Å². The summed E-state index contributed by atoms with van der Waals surface area (Å²) in [5.74, 6) is 1.91. The van der Waals surface area contributed by atoms with Crippen LogP contribution in [-0.2, 0) is 4.79 Å². The van der Waals surface area contributed by atoms with E-state index in [0.29, 0.717) is 6.32 Å². The minimum Gasteiger partial charge on any atom is -0.396 e. The van der Waals surface area contributed by atoms with Gasteiger partial charge in [-0.2, -0.15) is 0 Å². The number of rotatable bonds is 3. The molecule has 0 aromatic carbocycles. The quantitative estimate of drug-likeness (QED) is 0.436. The minimum absolute atomic E-state index is 0.120. The molecule has 2 atom stereocenters. The standard InChI is InChI=1S/C7H9BO2/c8-5-7(1-2-9)3-6(7)4-10/h1,6,10H,3-5H2. The molecular formula is C7H9BO2. The molecule has 52 valence electrons. The third-order valence-electron chi connectivity index (χ3n) is 2.23. The molecule has 0 saturated heterocycles. The normalized spacial score (nSPS) is 36.7. The second-order valence-electron chi connectivity index (χ2n) is 2.78. The number of aliphatic hydroxyl groups is 1. The van der Waals surface area contributed by atoms with Crippen LogP contribution in [0.25, 0.3) is 0 Å². The van der Waals surface area contributed by atoms with Crippen molar-refractivity contribution in [3.63, 3.8) is 0 Å². The first-order valence-corrected chi connectivity index (χ1v) is 3.32. The van der Waals surface area contributed by atoms with Crippen molar-refractivity contribution in [2.45, 2.75) is 12.7 Å². The molecule has 0 spiro atoms.